The Morgan fingerprint density at radius 1 is 0.635 bits per heavy atom. The molecule has 0 nitrogen and oxygen atoms in total. The van der Waals surface area contributed by atoms with E-state index in [4.69, 9.17) is 0 Å². The second-order valence-corrected chi connectivity index (χ2v) is 18.0. The molecule has 0 saturated heterocycles. The lowest BCUT2D eigenvalue weighted by molar-refractivity contribution is 0.345. The highest BCUT2D eigenvalue weighted by molar-refractivity contribution is 5.39. The van der Waals surface area contributed by atoms with Gasteiger partial charge < -0.3 is 0 Å². The van der Waals surface area contributed by atoms with Crippen molar-refractivity contribution in [1.82, 2.24) is 0 Å². The van der Waals surface area contributed by atoms with Crippen LogP contribution in [-0.4, -0.2) is 0 Å². The fourth-order valence-electron chi connectivity index (χ4n) is 8.08. The van der Waals surface area contributed by atoms with Crippen LogP contribution in [0.1, 0.15) is 160 Å². The topological polar surface area (TPSA) is 0 Å². The molecule has 0 bridgehead atoms. The van der Waals surface area contributed by atoms with E-state index in [-0.39, 0.29) is 10.8 Å². The zero-order valence-electron chi connectivity index (χ0n) is 36.0. The smallest absolute Gasteiger partial charge is 0.0104 e. The zero-order valence-corrected chi connectivity index (χ0v) is 36.0. The lowest BCUT2D eigenvalue weighted by Crippen LogP contribution is -2.19. The molecule has 0 heteroatoms. The van der Waals surface area contributed by atoms with E-state index in [0.29, 0.717) is 11.8 Å². The highest BCUT2D eigenvalue weighted by Crippen LogP contribution is 2.42. The molecule has 0 N–H and O–H groups in total. The SMILES string of the molecule is C=C(/C=C(C)/C=C/C=C(C)/C=C/C1=C(C)CCCC1(C)C)CCCCCC(CC(=C)/C=C(C)/C=C/C=C(C)/C=C/C1=C(C)CCCC1(C)C)C(C)C. The summed E-state index contributed by atoms with van der Waals surface area (Å²) in [5.74, 6) is 1.33. The summed E-state index contributed by atoms with van der Waals surface area (Å²) >= 11 is 0. The van der Waals surface area contributed by atoms with Crippen molar-refractivity contribution in [3.8, 4) is 0 Å². The predicted molar refractivity (Wildman–Crippen MR) is 237 cm³/mol. The molecule has 1 atom stereocenters. The van der Waals surface area contributed by atoms with Gasteiger partial charge in [0.15, 0.2) is 0 Å². The van der Waals surface area contributed by atoms with Crippen LogP contribution in [0.15, 0.2) is 142 Å². The van der Waals surface area contributed by atoms with E-state index in [9.17, 15) is 0 Å². The number of rotatable bonds is 19. The first kappa shape index (κ1) is 45.0. The third-order valence-electron chi connectivity index (χ3n) is 11.5. The molecule has 0 fully saturated rings. The summed E-state index contributed by atoms with van der Waals surface area (Å²) in [6, 6.07) is 0. The van der Waals surface area contributed by atoms with Gasteiger partial charge in [0.05, 0.1) is 0 Å². The van der Waals surface area contributed by atoms with Gasteiger partial charge in [-0.05, 0) is 140 Å². The van der Waals surface area contributed by atoms with Gasteiger partial charge in [-0.2, -0.15) is 0 Å². The molecule has 0 spiro atoms. The Bertz CT molecular complexity index is 1520. The minimum atomic E-state index is 0.284. The average Bonchev–Trinajstić information content (AvgIpc) is 3.02. The Morgan fingerprint density at radius 2 is 1.10 bits per heavy atom. The van der Waals surface area contributed by atoms with E-state index >= 15 is 0 Å². The largest absolute Gasteiger partial charge is 0.0958 e. The highest BCUT2D eigenvalue weighted by atomic mass is 14.3. The predicted octanol–water partition coefficient (Wildman–Crippen LogP) is 16.8. The third-order valence-corrected chi connectivity index (χ3v) is 11.5. The molecule has 0 aromatic carbocycles. The third kappa shape index (κ3) is 16.7. The Morgan fingerprint density at radius 3 is 1.54 bits per heavy atom. The Labute approximate surface area is 323 Å². The van der Waals surface area contributed by atoms with Gasteiger partial charge >= 0.3 is 0 Å². The second kappa shape index (κ2) is 22.2. The van der Waals surface area contributed by atoms with E-state index in [1.165, 1.54) is 109 Å². The number of hydrogen-bond acceptors (Lipinski definition) is 0. The number of allylic oxidation sites excluding steroid dienone is 22. The molecule has 1 unspecified atom stereocenters. The molecular weight excluding hydrogens is 625 g/mol. The molecule has 0 heterocycles. The first-order chi connectivity index (χ1) is 24.4. The summed E-state index contributed by atoms with van der Waals surface area (Å²) in [7, 11) is 0. The Balaban J connectivity index is 1.77. The lowest BCUT2D eigenvalue weighted by Gasteiger charge is -2.33. The van der Waals surface area contributed by atoms with Crippen molar-refractivity contribution in [2.75, 3.05) is 0 Å². The van der Waals surface area contributed by atoms with Crippen LogP contribution >= 0.6 is 0 Å². The maximum absolute atomic E-state index is 4.45. The molecule has 286 valence electrons. The van der Waals surface area contributed by atoms with Gasteiger partial charge in [-0.3, -0.25) is 0 Å². The van der Waals surface area contributed by atoms with Crippen molar-refractivity contribution >= 4 is 0 Å². The van der Waals surface area contributed by atoms with Crippen LogP contribution in [0.3, 0.4) is 0 Å². The van der Waals surface area contributed by atoms with Crippen molar-refractivity contribution in [1.29, 1.82) is 0 Å². The summed E-state index contributed by atoms with van der Waals surface area (Å²) < 4.78 is 0. The van der Waals surface area contributed by atoms with Crippen LogP contribution in [-0.2, 0) is 0 Å². The van der Waals surface area contributed by atoms with Crippen molar-refractivity contribution in [2.45, 2.75) is 160 Å². The summed E-state index contributed by atoms with van der Waals surface area (Å²) in [5.41, 5.74) is 14.3. The first-order valence-corrected chi connectivity index (χ1v) is 20.6. The molecule has 0 amide bonds. The molecule has 0 saturated carbocycles. The van der Waals surface area contributed by atoms with Gasteiger partial charge in [0.2, 0.25) is 0 Å². The van der Waals surface area contributed by atoms with Crippen LogP contribution in [0.25, 0.3) is 0 Å². The van der Waals surface area contributed by atoms with Crippen molar-refractivity contribution in [2.24, 2.45) is 22.7 Å². The number of unbranched alkanes of at least 4 members (excludes halogenated alkanes) is 2. The molecule has 2 aliphatic carbocycles. The standard InChI is InChI=1S/C52H78/c1-39(2)48(38-45(8)37-44(7)26-19-24-41(4)31-33-50-47(10)28-21-35-52(50,13)14)29-17-15-16-22-42(5)36-43(6)25-18-23-40(3)30-32-49-46(9)27-20-34-51(49,11)12/h18-19,23-26,30-33,36-37,39,48H,5,8,15-17,20-22,27-29,34-35,38H2,1-4,6-7,9-14H3/b25-18+,26-19+,32-30+,33-31+,40-23+,41-24+,43-36+,44-37+. The van der Waals surface area contributed by atoms with Gasteiger partial charge in [-0.25, -0.2) is 0 Å². The van der Waals surface area contributed by atoms with E-state index < -0.39 is 0 Å². The number of hydrogen-bond donors (Lipinski definition) is 0. The fraction of sp³-hybridized carbons (Fsp3) is 0.538. The Hall–Kier alpha value is -3.12. The maximum atomic E-state index is 4.45. The molecule has 0 aromatic heterocycles. The normalized spacial score (nSPS) is 20.1. The summed E-state index contributed by atoms with van der Waals surface area (Å²) in [6.45, 7) is 36.4. The van der Waals surface area contributed by atoms with Crippen LogP contribution in [0.2, 0.25) is 0 Å². The second-order valence-electron chi connectivity index (χ2n) is 18.0. The van der Waals surface area contributed by atoms with Gasteiger partial charge in [-0.15, -0.1) is 0 Å². The first-order valence-electron chi connectivity index (χ1n) is 20.6. The molecule has 2 aliphatic rings. The maximum Gasteiger partial charge on any atom is -0.0104 e. The molecular formula is C52H78. The fourth-order valence-corrected chi connectivity index (χ4v) is 8.08. The minimum Gasteiger partial charge on any atom is -0.0958 e. The summed E-state index contributed by atoms with van der Waals surface area (Å²) in [6.07, 6.45) is 41.8. The van der Waals surface area contributed by atoms with Gasteiger partial charge in [-0.1, -0.05) is 185 Å². The zero-order chi connectivity index (χ0) is 38.9. The van der Waals surface area contributed by atoms with Crippen molar-refractivity contribution < 1.29 is 0 Å². The average molecular weight is 703 g/mol. The van der Waals surface area contributed by atoms with Gasteiger partial charge in [0.1, 0.15) is 0 Å². The monoisotopic (exact) mass is 703 g/mol. The van der Waals surface area contributed by atoms with Crippen molar-refractivity contribution in [3.05, 3.63) is 142 Å². The molecule has 0 aromatic rings. The van der Waals surface area contributed by atoms with Crippen LogP contribution in [0, 0.1) is 22.7 Å². The van der Waals surface area contributed by atoms with Gasteiger partial charge in [0.25, 0.3) is 0 Å². The minimum absolute atomic E-state index is 0.284. The van der Waals surface area contributed by atoms with E-state index in [1.54, 1.807) is 11.1 Å². The Kier molecular flexibility index (Phi) is 19.2. The van der Waals surface area contributed by atoms with Gasteiger partial charge in [0, 0.05) is 0 Å². The van der Waals surface area contributed by atoms with E-state index in [1.807, 2.05) is 0 Å². The van der Waals surface area contributed by atoms with Crippen LogP contribution in [0.5, 0.6) is 0 Å². The molecule has 2 rings (SSSR count). The lowest BCUT2D eigenvalue weighted by atomic mass is 9.72. The van der Waals surface area contributed by atoms with Crippen LogP contribution in [0.4, 0.5) is 0 Å². The summed E-state index contributed by atoms with van der Waals surface area (Å²) in [5, 5.41) is 0. The van der Waals surface area contributed by atoms with Crippen molar-refractivity contribution in [3.63, 3.8) is 0 Å². The van der Waals surface area contributed by atoms with E-state index in [0.717, 1.165) is 12.8 Å². The van der Waals surface area contributed by atoms with E-state index in [2.05, 4.69) is 169 Å². The molecule has 52 heavy (non-hydrogen) atoms. The molecule has 0 radical (unpaired) electrons. The quantitative estimate of drug-likeness (QED) is 0.0928. The molecule has 0 aliphatic heterocycles. The highest BCUT2D eigenvalue weighted by Gasteiger charge is 2.27. The van der Waals surface area contributed by atoms with Crippen LogP contribution < -0.4 is 0 Å². The summed E-state index contributed by atoms with van der Waals surface area (Å²) in [4.78, 5) is 0.